The van der Waals surface area contributed by atoms with Crippen LogP contribution in [0.2, 0.25) is 0 Å². The van der Waals surface area contributed by atoms with Gasteiger partial charge in [0.05, 0.1) is 0 Å². The first-order chi connectivity index (χ1) is 5.36. The van der Waals surface area contributed by atoms with E-state index in [1.165, 1.54) is 5.57 Å². The summed E-state index contributed by atoms with van der Waals surface area (Å²) >= 11 is 0. The summed E-state index contributed by atoms with van der Waals surface area (Å²) in [6.07, 6.45) is 4.74. The number of rotatable bonds is 0. The molecule has 0 spiro atoms. The van der Waals surface area contributed by atoms with Crippen molar-refractivity contribution < 1.29 is 4.79 Å². The predicted molar refractivity (Wildman–Crippen MR) is 43.3 cm³/mol. The number of allylic oxidation sites excluding steroid dienone is 1. The van der Waals surface area contributed by atoms with Gasteiger partial charge in [-0.15, -0.1) is 0 Å². The van der Waals surface area contributed by atoms with E-state index in [0.717, 1.165) is 25.9 Å². The number of nitrogens with one attached hydrogen (secondary N) is 1. The van der Waals surface area contributed by atoms with Gasteiger partial charge in [0.2, 0.25) is 0 Å². The molecule has 2 heteroatoms. The lowest BCUT2D eigenvalue weighted by molar-refractivity contribution is -0.119. The minimum Gasteiger partial charge on any atom is -0.313 e. The van der Waals surface area contributed by atoms with Crippen LogP contribution in [-0.4, -0.2) is 18.9 Å². The van der Waals surface area contributed by atoms with E-state index < -0.39 is 0 Å². The van der Waals surface area contributed by atoms with Crippen LogP contribution in [0.15, 0.2) is 11.6 Å². The fourth-order valence-electron chi connectivity index (χ4n) is 1.91. The van der Waals surface area contributed by atoms with Crippen molar-refractivity contribution in [3.05, 3.63) is 11.6 Å². The first-order valence-electron chi connectivity index (χ1n) is 4.27. The molecule has 1 unspecified atom stereocenters. The number of hydrogen-bond donors (Lipinski definition) is 1. The Kier molecular flexibility index (Phi) is 1.78. The Balaban J connectivity index is 2.14. The molecule has 0 bridgehead atoms. The summed E-state index contributed by atoms with van der Waals surface area (Å²) in [6.45, 7) is 2.09. The molecule has 11 heavy (non-hydrogen) atoms. The van der Waals surface area contributed by atoms with Crippen molar-refractivity contribution in [2.24, 2.45) is 5.92 Å². The van der Waals surface area contributed by atoms with Gasteiger partial charge in [-0.1, -0.05) is 11.6 Å². The fourth-order valence-corrected chi connectivity index (χ4v) is 1.91. The van der Waals surface area contributed by atoms with E-state index in [0.29, 0.717) is 18.1 Å². The van der Waals surface area contributed by atoms with E-state index in [1.807, 2.05) is 0 Å². The highest BCUT2D eigenvalue weighted by atomic mass is 16.1. The predicted octanol–water partition coefficient (Wildman–Crippen LogP) is 0.885. The number of carbonyl (C=O) groups excluding carboxylic acids is 1. The van der Waals surface area contributed by atoms with Crippen molar-refractivity contribution in [2.75, 3.05) is 13.1 Å². The van der Waals surface area contributed by atoms with Gasteiger partial charge >= 0.3 is 0 Å². The van der Waals surface area contributed by atoms with Gasteiger partial charge in [-0.2, -0.15) is 0 Å². The number of Topliss-reactive ketones (excluding diaryl/α,β-unsaturated/α-hetero) is 1. The third kappa shape index (κ3) is 1.36. The Bertz CT molecular complexity index is 208. The molecule has 2 nitrogen and oxygen atoms in total. The molecule has 1 N–H and O–H groups in total. The Morgan fingerprint density at radius 1 is 1.55 bits per heavy atom. The second-order valence-corrected chi connectivity index (χ2v) is 3.39. The van der Waals surface area contributed by atoms with E-state index in [2.05, 4.69) is 11.4 Å². The normalized spacial score (nSPS) is 31.1. The molecule has 1 aliphatic heterocycles. The molecule has 0 aromatic heterocycles. The lowest BCUT2D eigenvalue weighted by atomic mass is 9.83. The van der Waals surface area contributed by atoms with E-state index in [-0.39, 0.29) is 0 Å². The third-order valence-corrected chi connectivity index (χ3v) is 2.59. The monoisotopic (exact) mass is 151 g/mol. The maximum absolute atomic E-state index is 11.1. The second kappa shape index (κ2) is 2.78. The molecule has 0 saturated carbocycles. The van der Waals surface area contributed by atoms with Crippen molar-refractivity contribution in [3.63, 3.8) is 0 Å². The van der Waals surface area contributed by atoms with Crippen LogP contribution in [0.5, 0.6) is 0 Å². The molecule has 0 amide bonds. The summed E-state index contributed by atoms with van der Waals surface area (Å²) in [6, 6.07) is 0. The SMILES string of the molecule is O=C1CC=C2CNCCC2C1. The molecule has 2 rings (SSSR count). The number of ketones is 1. The zero-order valence-corrected chi connectivity index (χ0v) is 6.60. The molecule has 60 valence electrons. The van der Waals surface area contributed by atoms with Crippen molar-refractivity contribution in [1.82, 2.24) is 5.32 Å². The van der Waals surface area contributed by atoms with Gasteiger partial charge < -0.3 is 5.32 Å². The van der Waals surface area contributed by atoms with Crippen molar-refractivity contribution in [3.8, 4) is 0 Å². The van der Waals surface area contributed by atoms with E-state index in [9.17, 15) is 4.79 Å². The zero-order valence-electron chi connectivity index (χ0n) is 6.60. The number of fused-ring (bicyclic) bond motifs is 1. The lowest BCUT2D eigenvalue weighted by Gasteiger charge is -2.28. The number of piperidine rings is 1. The van der Waals surface area contributed by atoms with E-state index in [4.69, 9.17) is 0 Å². The van der Waals surface area contributed by atoms with Gasteiger partial charge in [0.25, 0.3) is 0 Å². The molecule has 1 heterocycles. The van der Waals surface area contributed by atoms with Crippen LogP contribution in [0.1, 0.15) is 19.3 Å². The molecule has 0 aromatic carbocycles. The van der Waals surface area contributed by atoms with Crippen molar-refractivity contribution in [1.29, 1.82) is 0 Å². The van der Waals surface area contributed by atoms with Gasteiger partial charge in [-0.05, 0) is 18.9 Å². The van der Waals surface area contributed by atoms with Crippen LogP contribution in [-0.2, 0) is 4.79 Å². The van der Waals surface area contributed by atoms with Crippen molar-refractivity contribution >= 4 is 5.78 Å². The van der Waals surface area contributed by atoms with Gasteiger partial charge in [0, 0.05) is 19.4 Å². The summed E-state index contributed by atoms with van der Waals surface area (Å²) in [5, 5.41) is 3.32. The van der Waals surface area contributed by atoms with Crippen LogP contribution >= 0.6 is 0 Å². The highest BCUT2D eigenvalue weighted by molar-refractivity contribution is 5.81. The first kappa shape index (κ1) is 7.04. The highest BCUT2D eigenvalue weighted by Crippen LogP contribution is 2.26. The quantitative estimate of drug-likeness (QED) is 0.521. The Morgan fingerprint density at radius 2 is 2.45 bits per heavy atom. The Morgan fingerprint density at radius 3 is 3.36 bits per heavy atom. The van der Waals surface area contributed by atoms with Crippen LogP contribution in [0, 0.1) is 5.92 Å². The lowest BCUT2D eigenvalue weighted by Crippen LogP contribution is -2.33. The van der Waals surface area contributed by atoms with Crippen LogP contribution in [0.3, 0.4) is 0 Å². The molecule has 0 aromatic rings. The second-order valence-electron chi connectivity index (χ2n) is 3.39. The molecular formula is C9H13NO. The summed E-state index contributed by atoms with van der Waals surface area (Å²) in [5.41, 5.74) is 1.47. The summed E-state index contributed by atoms with van der Waals surface area (Å²) in [4.78, 5) is 11.1. The minimum atomic E-state index is 0.417. The summed E-state index contributed by atoms with van der Waals surface area (Å²) in [5.74, 6) is 0.998. The fraction of sp³-hybridized carbons (Fsp3) is 0.667. The number of carbonyl (C=O) groups is 1. The largest absolute Gasteiger partial charge is 0.313 e. The molecule has 2 aliphatic rings. The molecule has 1 fully saturated rings. The van der Waals surface area contributed by atoms with E-state index in [1.54, 1.807) is 0 Å². The van der Waals surface area contributed by atoms with Gasteiger partial charge in [-0.25, -0.2) is 0 Å². The zero-order chi connectivity index (χ0) is 7.68. The Labute approximate surface area is 66.7 Å². The molecule has 1 saturated heterocycles. The number of hydrogen-bond acceptors (Lipinski definition) is 2. The standard InChI is InChI=1S/C9H13NO/c11-9-2-1-8-6-10-4-3-7(8)5-9/h1,7,10H,2-6H2. The van der Waals surface area contributed by atoms with Gasteiger partial charge in [-0.3, -0.25) is 4.79 Å². The van der Waals surface area contributed by atoms with Crippen LogP contribution < -0.4 is 5.32 Å². The first-order valence-corrected chi connectivity index (χ1v) is 4.27. The molecular weight excluding hydrogens is 138 g/mol. The average Bonchev–Trinajstić information content (AvgIpc) is 2.04. The highest BCUT2D eigenvalue weighted by Gasteiger charge is 2.24. The smallest absolute Gasteiger partial charge is 0.137 e. The minimum absolute atomic E-state index is 0.417. The van der Waals surface area contributed by atoms with Crippen LogP contribution in [0.4, 0.5) is 0 Å². The maximum atomic E-state index is 11.1. The topological polar surface area (TPSA) is 29.1 Å². The van der Waals surface area contributed by atoms with Crippen molar-refractivity contribution in [2.45, 2.75) is 19.3 Å². The Hall–Kier alpha value is -0.630. The summed E-state index contributed by atoms with van der Waals surface area (Å²) in [7, 11) is 0. The molecule has 0 radical (unpaired) electrons. The van der Waals surface area contributed by atoms with Gasteiger partial charge in [0.1, 0.15) is 5.78 Å². The van der Waals surface area contributed by atoms with E-state index >= 15 is 0 Å². The van der Waals surface area contributed by atoms with Crippen LogP contribution in [0.25, 0.3) is 0 Å². The third-order valence-electron chi connectivity index (χ3n) is 2.59. The maximum Gasteiger partial charge on any atom is 0.137 e. The summed E-state index contributed by atoms with van der Waals surface area (Å²) < 4.78 is 0. The molecule has 1 aliphatic carbocycles. The molecule has 1 atom stereocenters. The average molecular weight is 151 g/mol. The van der Waals surface area contributed by atoms with Gasteiger partial charge in [0.15, 0.2) is 0 Å².